The molecule has 5 rings (SSSR count). The van der Waals surface area contributed by atoms with Crippen molar-refractivity contribution >= 4 is 33.8 Å². The van der Waals surface area contributed by atoms with Gasteiger partial charge in [0, 0.05) is 42.3 Å². The lowest BCUT2D eigenvalue weighted by molar-refractivity contribution is -0.122. The van der Waals surface area contributed by atoms with Crippen LogP contribution in [0, 0.1) is 11.3 Å². The van der Waals surface area contributed by atoms with E-state index in [0.29, 0.717) is 39.9 Å². The van der Waals surface area contributed by atoms with Gasteiger partial charge in [0.25, 0.3) is 0 Å². The lowest BCUT2D eigenvalue weighted by Gasteiger charge is -2.40. The van der Waals surface area contributed by atoms with Crippen LogP contribution < -0.4 is 21.7 Å². The molecule has 5 N–H and O–H groups in total. The van der Waals surface area contributed by atoms with E-state index in [-0.39, 0.29) is 11.8 Å². The third kappa shape index (κ3) is 3.49. The quantitative estimate of drug-likeness (QED) is 0.578. The SMILES string of the molecule is C[C@H]1CNCCN1c1nccc(/C(N)=C2\CCC[C@@]3(CCCc4sc(N)c(C#N)c43)C2=O)n1. The van der Waals surface area contributed by atoms with Crippen LogP contribution in [0.1, 0.15) is 60.7 Å². The van der Waals surface area contributed by atoms with Gasteiger partial charge in [0.1, 0.15) is 11.1 Å². The molecule has 0 aromatic carbocycles. The molecule has 9 heteroatoms. The molecule has 1 saturated heterocycles. The third-order valence-corrected chi connectivity index (χ3v) is 8.43. The maximum absolute atomic E-state index is 14.1. The number of aryl methyl sites for hydroxylation is 1. The summed E-state index contributed by atoms with van der Waals surface area (Å²) in [6.07, 6.45) is 6.42. The van der Waals surface area contributed by atoms with E-state index >= 15 is 0 Å². The number of carbonyl (C=O) groups is 1. The highest BCUT2D eigenvalue weighted by molar-refractivity contribution is 7.16. The molecule has 0 unspecified atom stereocenters. The molecule has 8 nitrogen and oxygen atoms in total. The van der Waals surface area contributed by atoms with Crippen molar-refractivity contribution in [2.45, 2.75) is 56.9 Å². The van der Waals surface area contributed by atoms with E-state index in [2.05, 4.69) is 28.2 Å². The molecule has 0 bridgehead atoms. The molecule has 3 aliphatic rings. The molecule has 2 atom stereocenters. The Morgan fingerprint density at radius 2 is 2.15 bits per heavy atom. The van der Waals surface area contributed by atoms with E-state index < -0.39 is 5.41 Å². The fourth-order valence-corrected chi connectivity index (χ4v) is 6.87. The molecule has 3 heterocycles. The van der Waals surface area contributed by atoms with Crippen molar-refractivity contribution in [2.24, 2.45) is 5.73 Å². The summed E-state index contributed by atoms with van der Waals surface area (Å²) >= 11 is 1.46. The van der Waals surface area contributed by atoms with Crippen LogP contribution in [-0.2, 0) is 16.6 Å². The van der Waals surface area contributed by atoms with Gasteiger partial charge in [-0.25, -0.2) is 9.97 Å². The number of anilines is 2. The number of nitriles is 1. The number of nitrogens with two attached hydrogens (primary N) is 2. The molecule has 2 fully saturated rings. The van der Waals surface area contributed by atoms with Crippen LogP contribution in [0.3, 0.4) is 0 Å². The van der Waals surface area contributed by atoms with E-state index in [9.17, 15) is 10.1 Å². The van der Waals surface area contributed by atoms with Gasteiger partial charge in [-0.05, 0) is 57.1 Å². The number of nitrogen functional groups attached to an aromatic ring is 1. The second-order valence-electron chi connectivity index (χ2n) is 9.25. The zero-order valence-electron chi connectivity index (χ0n) is 18.9. The zero-order valence-corrected chi connectivity index (χ0v) is 19.7. The Hall–Kier alpha value is -2.96. The second-order valence-corrected chi connectivity index (χ2v) is 10.4. The molecule has 1 aliphatic heterocycles. The smallest absolute Gasteiger partial charge is 0.226 e. The monoisotopic (exact) mass is 463 g/mol. The van der Waals surface area contributed by atoms with Gasteiger partial charge in [-0.15, -0.1) is 11.3 Å². The Bertz CT molecular complexity index is 1180. The van der Waals surface area contributed by atoms with E-state index in [0.717, 1.165) is 62.2 Å². The number of nitrogens with one attached hydrogen (secondary N) is 1. The van der Waals surface area contributed by atoms with Crippen molar-refractivity contribution in [1.29, 1.82) is 5.26 Å². The fraction of sp³-hybridized carbons (Fsp3) is 0.500. The molecular formula is C24H29N7OS. The van der Waals surface area contributed by atoms with Gasteiger partial charge < -0.3 is 21.7 Å². The average molecular weight is 464 g/mol. The average Bonchev–Trinajstić information content (AvgIpc) is 3.17. The van der Waals surface area contributed by atoms with Crippen molar-refractivity contribution in [1.82, 2.24) is 15.3 Å². The van der Waals surface area contributed by atoms with Crippen molar-refractivity contribution in [3.63, 3.8) is 0 Å². The van der Waals surface area contributed by atoms with E-state index in [1.165, 1.54) is 11.3 Å². The highest BCUT2D eigenvalue weighted by atomic mass is 32.1. The number of rotatable bonds is 2. The van der Waals surface area contributed by atoms with Crippen LogP contribution in [0.15, 0.2) is 17.8 Å². The van der Waals surface area contributed by atoms with Gasteiger partial charge in [-0.1, -0.05) is 0 Å². The first kappa shape index (κ1) is 21.9. The first-order valence-electron chi connectivity index (χ1n) is 11.6. The standard InChI is InChI=1S/C24H29N7OS/c1-14-13-28-10-11-31(14)23-29-9-6-17(30-23)20(26)15-4-2-7-24(21(15)32)8-3-5-18-19(24)16(12-25)22(27)33-18/h6,9,14,28H,2-5,7-8,10-11,13,26-27H2,1H3/b20-15-/t14-,24-/m0/s1. The number of ketones is 1. The molecule has 0 radical (unpaired) electrons. The number of nitrogens with zero attached hydrogens (tertiary/aromatic N) is 4. The molecule has 172 valence electrons. The topological polar surface area (TPSA) is 134 Å². The number of aromatic nitrogens is 2. The minimum atomic E-state index is -0.701. The Morgan fingerprint density at radius 3 is 2.91 bits per heavy atom. The second kappa shape index (κ2) is 8.43. The Balaban J connectivity index is 1.55. The zero-order chi connectivity index (χ0) is 23.2. The van der Waals surface area contributed by atoms with E-state index in [1.807, 2.05) is 0 Å². The minimum absolute atomic E-state index is 0.0391. The van der Waals surface area contributed by atoms with Crippen LogP contribution in [0.4, 0.5) is 10.9 Å². The fourth-order valence-electron chi connectivity index (χ4n) is 5.71. The largest absolute Gasteiger partial charge is 0.397 e. The van der Waals surface area contributed by atoms with Crippen LogP contribution >= 0.6 is 11.3 Å². The van der Waals surface area contributed by atoms with Gasteiger partial charge >= 0.3 is 0 Å². The lowest BCUT2D eigenvalue weighted by Crippen LogP contribution is -2.50. The van der Waals surface area contributed by atoms with Crippen LogP contribution in [0.5, 0.6) is 0 Å². The van der Waals surface area contributed by atoms with E-state index in [1.54, 1.807) is 12.3 Å². The highest BCUT2D eigenvalue weighted by Crippen LogP contribution is 2.52. The number of Topliss-reactive ketones (excluding diaryl/α,β-unsaturated/α-hetero) is 1. The summed E-state index contributed by atoms with van der Waals surface area (Å²) < 4.78 is 0. The molecule has 0 amide bonds. The molecule has 1 saturated carbocycles. The summed E-state index contributed by atoms with van der Waals surface area (Å²) in [5.41, 5.74) is 15.1. The number of hydrogen-bond donors (Lipinski definition) is 3. The lowest BCUT2D eigenvalue weighted by atomic mass is 9.61. The van der Waals surface area contributed by atoms with Crippen molar-refractivity contribution < 1.29 is 4.79 Å². The molecular weight excluding hydrogens is 434 g/mol. The Morgan fingerprint density at radius 1 is 1.36 bits per heavy atom. The molecule has 2 aliphatic carbocycles. The molecule has 2 aromatic heterocycles. The summed E-state index contributed by atoms with van der Waals surface area (Å²) in [6, 6.07) is 4.33. The normalized spacial score (nSPS) is 26.7. The maximum atomic E-state index is 14.1. The first-order chi connectivity index (χ1) is 16.0. The van der Waals surface area contributed by atoms with Crippen molar-refractivity contribution in [3.05, 3.63) is 39.5 Å². The van der Waals surface area contributed by atoms with Gasteiger partial charge in [0.05, 0.1) is 22.4 Å². The van der Waals surface area contributed by atoms with Gasteiger partial charge in [-0.3, -0.25) is 4.79 Å². The maximum Gasteiger partial charge on any atom is 0.226 e. The summed E-state index contributed by atoms with van der Waals surface area (Å²) in [4.78, 5) is 26.5. The van der Waals surface area contributed by atoms with Crippen LogP contribution in [0.2, 0.25) is 0 Å². The van der Waals surface area contributed by atoms with Gasteiger partial charge in [0.2, 0.25) is 5.95 Å². The molecule has 2 aromatic rings. The van der Waals surface area contributed by atoms with Gasteiger partial charge in [-0.2, -0.15) is 5.26 Å². The van der Waals surface area contributed by atoms with Crippen LogP contribution in [-0.4, -0.2) is 41.4 Å². The van der Waals surface area contributed by atoms with Crippen LogP contribution in [0.25, 0.3) is 5.70 Å². The summed E-state index contributed by atoms with van der Waals surface area (Å²) in [7, 11) is 0. The number of thiophene rings is 1. The predicted molar refractivity (Wildman–Crippen MR) is 130 cm³/mol. The number of allylic oxidation sites excluding steroid dienone is 1. The third-order valence-electron chi connectivity index (χ3n) is 7.35. The van der Waals surface area contributed by atoms with Crippen molar-refractivity contribution in [2.75, 3.05) is 30.3 Å². The predicted octanol–water partition coefficient (Wildman–Crippen LogP) is 2.49. The highest BCUT2D eigenvalue weighted by Gasteiger charge is 2.49. The minimum Gasteiger partial charge on any atom is -0.397 e. The number of carbonyl (C=O) groups excluding carboxylic acids is 1. The van der Waals surface area contributed by atoms with Crippen molar-refractivity contribution in [3.8, 4) is 6.07 Å². The van der Waals surface area contributed by atoms with Gasteiger partial charge in [0.15, 0.2) is 5.78 Å². The summed E-state index contributed by atoms with van der Waals surface area (Å²) in [5.74, 6) is 0.678. The number of fused-ring (bicyclic) bond motifs is 2. The molecule has 1 spiro atoms. The van der Waals surface area contributed by atoms with E-state index in [4.69, 9.17) is 16.5 Å². The first-order valence-corrected chi connectivity index (χ1v) is 12.4. The Labute approximate surface area is 197 Å². The summed E-state index contributed by atoms with van der Waals surface area (Å²) in [5, 5.41) is 13.7. The number of hydrogen-bond acceptors (Lipinski definition) is 9. The summed E-state index contributed by atoms with van der Waals surface area (Å²) in [6.45, 7) is 4.71. The number of piperazine rings is 1. The molecule has 33 heavy (non-hydrogen) atoms. The Kier molecular flexibility index (Phi) is 5.59.